The van der Waals surface area contributed by atoms with Gasteiger partial charge in [-0.05, 0) is 30.7 Å². The number of rotatable bonds is 1. The van der Waals surface area contributed by atoms with Gasteiger partial charge in [-0.1, -0.05) is 25.4 Å². The van der Waals surface area contributed by atoms with Gasteiger partial charge in [-0.2, -0.15) is 0 Å². The van der Waals surface area contributed by atoms with E-state index in [1.807, 2.05) is 32.9 Å². The number of nitrogens with zero attached hydrogens (tertiary/aromatic N) is 1. The molecule has 2 rings (SSSR count). The smallest absolute Gasteiger partial charge is 0.122 e. The van der Waals surface area contributed by atoms with Gasteiger partial charge in [-0.3, -0.25) is 4.98 Å². The highest BCUT2D eigenvalue weighted by molar-refractivity contribution is 6.35. The van der Waals surface area contributed by atoms with Gasteiger partial charge in [0.2, 0.25) is 0 Å². The second-order valence-electron chi connectivity index (χ2n) is 3.13. The Kier molecular flexibility index (Phi) is 4.56. The minimum Gasteiger partial charge on any atom is -0.496 e. The zero-order valence-corrected chi connectivity index (χ0v) is 10.8. The van der Waals surface area contributed by atoms with Crippen molar-refractivity contribution in [2.75, 3.05) is 7.11 Å². The van der Waals surface area contributed by atoms with E-state index in [1.165, 1.54) is 0 Å². The zero-order valence-electron chi connectivity index (χ0n) is 10.0. The predicted octanol–water partition coefficient (Wildman–Crippen LogP) is 4.23. The Morgan fingerprint density at radius 3 is 2.56 bits per heavy atom. The van der Waals surface area contributed by atoms with Crippen molar-refractivity contribution in [2.45, 2.75) is 20.8 Å². The molecular formula is C13H16ClNO. The third-order valence-electron chi connectivity index (χ3n) is 2.20. The molecule has 0 aliphatic heterocycles. The van der Waals surface area contributed by atoms with E-state index in [1.54, 1.807) is 19.4 Å². The van der Waals surface area contributed by atoms with Gasteiger partial charge in [0, 0.05) is 11.6 Å². The van der Waals surface area contributed by atoms with Gasteiger partial charge in [0.25, 0.3) is 0 Å². The maximum absolute atomic E-state index is 6.04. The highest BCUT2D eigenvalue weighted by atomic mass is 35.5. The molecule has 86 valence electrons. The third kappa shape index (κ3) is 2.45. The van der Waals surface area contributed by atoms with Gasteiger partial charge >= 0.3 is 0 Å². The van der Waals surface area contributed by atoms with Crippen LogP contribution in [0.5, 0.6) is 5.75 Å². The number of ether oxygens (including phenoxy) is 1. The first-order valence-electron chi connectivity index (χ1n) is 5.31. The molecule has 0 aliphatic rings. The highest BCUT2D eigenvalue weighted by Gasteiger charge is 2.04. The summed E-state index contributed by atoms with van der Waals surface area (Å²) >= 11 is 6.04. The number of pyridine rings is 1. The third-order valence-corrected chi connectivity index (χ3v) is 2.53. The number of aromatic nitrogens is 1. The fourth-order valence-corrected chi connectivity index (χ4v) is 1.67. The van der Waals surface area contributed by atoms with Crippen LogP contribution in [-0.2, 0) is 0 Å². The molecule has 0 aliphatic carbocycles. The number of hydrogen-bond acceptors (Lipinski definition) is 2. The van der Waals surface area contributed by atoms with Gasteiger partial charge < -0.3 is 4.74 Å². The van der Waals surface area contributed by atoms with Crippen molar-refractivity contribution in [3.63, 3.8) is 0 Å². The lowest BCUT2D eigenvalue weighted by atomic mass is 10.1. The molecule has 0 radical (unpaired) electrons. The summed E-state index contributed by atoms with van der Waals surface area (Å²) in [5.41, 5.74) is 1.96. The maximum atomic E-state index is 6.04. The molecule has 3 heteroatoms. The standard InChI is InChI=1S/C11H10ClNO.C2H6/c1-7-5-10-8(6-11(7)14-2)9(12)3-4-13-10;1-2/h3-6H,1-2H3;1-2H3. The molecule has 0 amide bonds. The number of hydrogen-bond donors (Lipinski definition) is 0. The minimum absolute atomic E-state index is 0.702. The molecule has 0 saturated carbocycles. The van der Waals surface area contributed by atoms with Crippen LogP contribution in [0.1, 0.15) is 19.4 Å². The molecule has 0 fully saturated rings. The fourth-order valence-electron chi connectivity index (χ4n) is 1.46. The van der Waals surface area contributed by atoms with Gasteiger partial charge in [0.1, 0.15) is 5.75 Å². The van der Waals surface area contributed by atoms with Gasteiger partial charge in [-0.15, -0.1) is 0 Å². The van der Waals surface area contributed by atoms with E-state index in [9.17, 15) is 0 Å². The summed E-state index contributed by atoms with van der Waals surface area (Å²) in [5, 5.41) is 1.63. The van der Waals surface area contributed by atoms with Crippen LogP contribution in [0.2, 0.25) is 5.02 Å². The second kappa shape index (κ2) is 5.71. The van der Waals surface area contributed by atoms with Crippen LogP contribution in [-0.4, -0.2) is 12.1 Å². The molecule has 0 unspecified atom stereocenters. The first kappa shape index (κ1) is 12.8. The summed E-state index contributed by atoms with van der Waals surface area (Å²) in [4.78, 5) is 4.24. The van der Waals surface area contributed by atoms with Crippen molar-refractivity contribution in [3.05, 3.63) is 35.0 Å². The lowest BCUT2D eigenvalue weighted by Crippen LogP contribution is -1.88. The molecule has 2 nitrogen and oxygen atoms in total. The van der Waals surface area contributed by atoms with E-state index in [0.717, 1.165) is 22.2 Å². The van der Waals surface area contributed by atoms with E-state index in [4.69, 9.17) is 16.3 Å². The Bertz CT molecular complexity index is 483. The van der Waals surface area contributed by atoms with Gasteiger partial charge in [0.15, 0.2) is 0 Å². The molecule has 0 saturated heterocycles. The summed E-state index contributed by atoms with van der Waals surface area (Å²) < 4.78 is 5.22. The molecule has 2 aromatic rings. The summed E-state index contributed by atoms with van der Waals surface area (Å²) in [6, 6.07) is 5.67. The number of methoxy groups -OCH3 is 1. The number of benzene rings is 1. The predicted molar refractivity (Wildman–Crippen MR) is 69.4 cm³/mol. The van der Waals surface area contributed by atoms with Crippen molar-refractivity contribution in [3.8, 4) is 5.75 Å². The van der Waals surface area contributed by atoms with Crippen LogP contribution in [0, 0.1) is 6.92 Å². The van der Waals surface area contributed by atoms with Crippen LogP contribution < -0.4 is 4.74 Å². The molecule has 16 heavy (non-hydrogen) atoms. The van der Waals surface area contributed by atoms with Crippen LogP contribution in [0.3, 0.4) is 0 Å². The van der Waals surface area contributed by atoms with E-state index in [2.05, 4.69) is 4.98 Å². The van der Waals surface area contributed by atoms with Crippen molar-refractivity contribution in [1.29, 1.82) is 0 Å². The molecule has 1 heterocycles. The quantitative estimate of drug-likeness (QED) is 0.741. The topological polar surface area (TPSA) is 22.1 Å². The minimum atomic E-state index is 0.702. The lowest BCUT2D eigenvalue weighted by Gasteiger charge is -2.06. The fraction of sp³-hybridized carbons (Fsp3) is 0.308. The monoisotopic (exact) mass is 237 g/mol. The van der Waals surface area contributed by atoms with Crippen LogP contribution in [0.4, 0.5) is 0 Å². The number of fused-ring (bicyclic) bond motifs is 1. The Balaban J connectivity index is 0.000000606. The van der Waals surface area contributed by atoms with Gasteiger partial charge in [-0.25, -0.2) is 0 Å². The summed E-state index contributed by atoms with van der Waals surface area (Å²) in [6.07, 6.45) is 1.70. The second-order valence-corrected chi connectivity index (χ2v) is 3.54. The van der Waals surface area contributed by atoms with Crippen molar-refractivity contribution in [1.82, 2.24) is 4.98 Å². The molecule has 0 bridgehead atoms. The van der Waals surface area contributed by atoms with Crippen LogP contribution >= 0.6 is 11.6 Å². The van der Waals surface area contributed by atoms with Crippen molar-refractivity contribution >= 4 is 22.5 Å². The summed E-state index contributed by atoms with van der Waals surface area (Å²) in [5.74, 6) is 0.840. The lowest BCUT2D eigenvalue weighted by molar-refractivity contribution is 0.412. The molecule has 0 N–H and O–H groups in total. The zero-order chi connectivity index (χ0) is 12.1. The van der Waals surface area contributed by atoms with Crippen molar-refractivity contribution in [2.24, 2.45) is 0 Å². The maximum Gasteiger partial charge on any atom is 0.122 e. The Labute approximate surface area is 101 Å². The van der Waals surface area contributed by atoms with Crippen LogP contribution in [0.25, 0.3) is 10.9 Å². The molecule has 1 aromatic carbocycles. The van der Waals surface area contributed by atoms with Crippen LogP contribution in [0.15, 0.2) is 24.4 Å². The SMILES string of the molecule is CC.COc1cc2c(Cl)ccnc2cc1C. The highest BCUT2D eigenvalue weighted by Crippen LogP contribution is 2.28. The van der Waals surface area contributed by atoms with E-state index < -0.39 is 0 Å². The van der Waals surface area contributed by atoms with E-state index >= 15 is 0 Å². The largest absolute Gasteiger partial charge is 0.496 e. The first-order valence-corrected chi connectivity index (χ1v) is 5.69. The first-order chi connectivity index (χ1) is 7.72. The normalized spacial score (nSPS) is 9.56. The van der Waals surface area contributed by atoms with Gasteiger partial charge in [0.05, 0.1) is 17.6 Å². The number of aryl methyl sites for hydroxylation is 1. The Morgan fingerprint density at radius 1 is 1.25 bits per heavy atom. The van der Waals surface area contributed by atoms with Crippen molar-refractivity contribution < 1.29 is 4.74 Å². The summed E-state index contributed by atoms with van der Waals surface area (Å²) in [7, 11) is 1.65. The molecule has 1 aromatic heterocycles. The average Bonchev–Trinajstić information content (AvgIpc) is 2.31. The average molecular weight is 238 g/mol. The molecule has 0 spiro atoms. The molecular weight excluding hydrogens is 222 g/mol. The summed E-state index contributed by atoms with van der Waals surface area (Å²) in [6.45, 7) is 5.99. The Morgan fingerprint density at radius 2 is 1.94 bits per heavy atom. The van der Waals surface area contributed by atoms with E-state index in [-0.39, 0.29) is 0 Å². The Hall–Kier alpha value is -1.28. The van der Waals surface area contributed by atoms with E-state index in [0.29, 0.717) is 5.02 Å². The molecule has 0 atom stereocenters. The number of halogens is 1.